The molecule has 4 N–H and O–H groups in total. The highest BCUT2D eigenvalue weighted by Gasteiger charge is 2.39. The third kappa shape index (κ3) is 7.64. The van der Waals surface area contributed by atoms with Gasteiger partial charge in [-0.3, -0.25) is 0 Å². The fraction of sp³-hybridized carbons (Fsp3) is 1.00. The zero-order valence-electron chi connectivity index (χ0n) is 19.7. The minimum absolute atomic E-state index is 0.211. The molecule has 0 radical (unpaired) electrons. The fourth-order valence-corrected chi connectivity index (χ4v) is 6.11. The Kier molecular flexibility index (Phi) is 7.10. The zero-order chi connectivity index (χ0) is 20.5. The predicted octanol–water partition coefficient (Wildman–Crippen LogP) is 3.95. The maximum absolute atomic E-state index is 3.99. The van der Waals surface area contributed by atoms with Gasteiger partial charge in [0.2, 0.25) is 0 Å². The van der Waals surface area contributed by atoms with Crippen molar-refractivity contribution in [2.24, 2.45) is 0 Å². The molecule has 0 aromatic carbocycles. The number of piperidine rings is 2. The van der Waals surface area contributed by atoms with Gasteiger partial charge in [0.15, 0.2) is 0 Å². The van der Waals surface area contributed by atoms with E-state index >= 15 is 0 Å². The van der Waals surface area contributed by atoms with Crippen molar-refractivity contribution in [1.82, 2.24) is 21.3 Å². The monoisotopic (exact) mass is 380 g/mol. The van der Waals surface area contributed by atoms with Gasteiger partial charge in [-0.05, 0) is 100 Å². The van der Waals surface area contributed by atoms with Gasteiger partial charge in [0.1, 0.15) is 0 Å². The first-order valence-electron chi connectivity index (χ1n) is 11.3. The second-order valence-electron chi connectivity index (χ2n) is 12.0. The quantitative estimate of drug-likeness (QED) is 0.540. The number of nitrogens with one attached hydrogen (secondary N) is 4. The van der Waals surface area contributed by atoms with Crippen LogP contribution in [0.15, 0.2) is 0 Å². The van der Waals surface area contributed by atoms with E-state index in [2.05, 4.69) is 83.6 Å². The van der Waals surface area contributed by atoms with Crippen molar-refractivity contribution in [3.8, 4) is 0 Å². The lowest BCUT2D eigenvalue weighted by Gasteiger charge is -2.48. The van der Waals surface area contributed by atoms with Gasteiger partial charge < -0.3 is 21.3 Å². The number of hydrogen-bond donors (Lipinski definition) is 4. The van der Waals surface area contributed by atoms with Gasteiger partial charge in [-0.1, -0.05) is 6.92 Å². The van der Waals surface area contributed by atoms with Gasteiger partial charge in [0.05, 0.1) is 0 Å². The smallest absolute Gasteiger partial charge is 0.0144 e. The van der Waals surface area contributed by atoms with Crippen molar-refractivity contribution in [3.05, 3.63) is 0 Å². The Morgan fingerprint density at radius 1 is 0.741 bits per heavy atom. The molecule has 1 unspecified atom stereocenters. The molecular weight excluding hydrogens is 332 g/mol. The average molecular weight is 381 g/mol. The molecule has 27 heavy (non-hydrogen) atoms. The highest BCUT2D eigenvalue weighted by Crippen LogP contribution is 2.30. The third-order valence-corrected chi connectivity index (χ3v) is 6.27. The Balaban J connectivity index is 1.82. The molecule has 2 heterocycles. The summed E-state index contributed by atoms with van der Waals surface area (Å²) in [7, 11) is 0. The van der Waals surface area contributed by atoms with Crippen LogP contribution in [0.1, 0.15) is 101 Å². The molecule has 0 aromatic heterocycles. The fourth-order valence-electron chi connectivity index (χ4n) is 6.11. The molecule has 160 valence electrons. The van der Waals surface area contributed by atoms with Crippen LogP contribution in [0.2, 0.25) is 0 Å². The lowest BCUT2D eigenvalue weighted by Crippen LogP contribution is -2.62. The summed E-state index contributed by atoms with van der Waals surface area (Å²) in [4.78, 5) is 0. The van der Waals surface area contributed by atoms with Crippen LogP contribution in [0.3, 0.4) is 0 Å². The average Bonchev–Trinajstić information content (AvgIpc) is 2.39. The van der Waals surface area contributed by atoms with Gasteiger partial charge in [-0.15, -0.1) is 0 Å². The molecule has 0 saturated carbocycles. The summed E-state index contributed by atoms with van der Waals surface area (Å²) in [6.07, 6.45) is 7.24. The molecule has 0 amide bonds. The summed E-state index contributed by atoms with van der Waals surface area (Å²) >= 11 is 0. The van der Waals surface area contributed by atoms with Gasteiger partial charge in [-0.2, -0.15) is 0 Å². The Hall–Kier alpha value is -0.160. The van der Waals surface area contributed by atoms with Crippen LogP contribution < -0.4 is 21.3 Å². The molecule has 2 aliphatic heterocycles. The number of rotatable bonds is 7. The van der Waals surface area contributed by atoms with Crippen LogP contribution in [0.4, 0.5) is 0 Å². The van der Waals surface area contributed by atoms with Crippen molar-refractivity contribution in [3.63, 3.8) is 0 Å². The molecule has 0 spiro atoms. The summed E-state index contributed by atoms with van der Waals surface area (Å²) in [5.41, 5.74) is 0.854. The number of hydrogen-bond acceptors (Lipinski definition) is 4. The Morgan fingerprint density at radius 3 is 1.56 bits per heavy atom. The van der Waals surface area contributed by atoms with Gasteiger partial charge >= 0.3 is 0 Å². The first-order chi connectivity index (χ1) is 12.2. The summed E-state index contributed by atoms with van der Waals surface area (Å²) in [5, 5.41) is 15.4. The highest BCUT2D eigenvalue weighted by atomic mass is 15.1. The van der Waals surface area contributed by atoms with Crippen LogP contribution in [0.25, 0.3) is 0 Å². The van der Waals surface area contributed by atoms with Gasteiger partial charge in [0.25, 0.3) is 0 Å². The van der Waals surface area contributed by atoms with Crippen molar-refractivity contribution < 1.29 is 0 Å². The van der Waals surface area contributed by atoms with E-state index in [1.807, 2.05) is 0 Å². The Labute approximate surface area is 169 Å². The van der Waals surface area contributed by atoms with Crippen LogP contribution in [0.5, 0.6) is 0 Å². The molecule has 2 rings (SSSR count). The molecule has 1 atom stereocenters. The van der Waals surface area contributed by atoms with Crippen LogP contribution >= 0.6 is 0 Å². The maximum Gasteiger partial charge on any atom is 0.0144 e. The summed E-state index contributed by atoms with van der Waals surface area (Å²) < 4.78 is 0. The molecule has 4 heteroatoms. The van der Waals surface area contributed by atoms with Crippen molar-refractivity contribution in [1.29, 1.82) is 0 Å². The molecule has 2 aliphatic rings. The SMILES string of the molecule is CCC(CCNC1CC(C)(C)NC(C)(C)C1)NC1CC(C)(C)NC(C)(C)C1. The van der Waals surface area contributed by atoms with E-state index in [-0.39, 0.29) is 22.2 Å². The largest absolute Gasteiger partial charge is 0.314 e. The predicted molar refractivity (Wildman–Crippen MR) is 118 cm³/mol. The van der Waals surface area contributed by atoms with E-state index in [1.54, 1.807) is 0 Å². The Bertz CT molecular complexity index is 449. The lowest BCUT2D eigenvalue weighted by molar-refractivity contribution is 0.135. The standard InChI is InChI=1S/C23H48N4/c1-10-17(25-19-15-22(6,7)27-23(8,9)16-19)11-12-24-18-13-20(2,3)26-21(4,5)14-18/h17-19,24-27H,10-16H2,1-9H3. The molecule has 0 bridgehead atoms. The molecular formula is C23H48N4. The van der Waals surface area contributed by atoms with E-state index in [9.17, 15) is 0 Å². The van der Waals surface area contributed by atoms with Gasteiger partial charge in [0, 0.05) is 40.3 Å². The first kappa shape index (κ1) is 23.1. The van der Waals surface area contributed by atoms with Crippen molar-refractivity contribution >= 4 is 0 Å². The first-order valence-corrected chi connectivity index (χ1v) is 11.3. The molecule has 0 aromatic rings. The summed E-state index contributed by atoms with van der Waals surface area (Å²) in [6, 6.07) is 1.83. The summed E-state index contributed by atoms with van der Waals surface area (Å²) in [5.74, 6) is 0. The summed E-state index contributed by atoms with van der Waals surface area (Å²) in [6.45, 7) is 22.1. The Morgan fingerprint density at radius 2 is 1.15 bits per heavy atom. The van der Waals surface area contributed by atoms with E-state index in [0.29, 0.717) is 18.1 Å². The van der Waals surface area contributed by atoms with Crippen LogP contribution in [-0.4, -0.2) is 46.8 Å². The van der Waals surface area contributed by atoms with E-state index < -0.39 is 0 Å². The second-order valence-corrected chi connectivity index (χ2v) is 12.0. The molecule has 2 saturated heterocycles. The molecule has 4 nitrogen and oxygen atoms in total. The maximum atomic E-state index is 3.99. The van der Waals surface area contributed by atoms with Crippen molar-refractivity contribution in [2.45, 2.75) is 141 Å². The van der Waals surface area contributed by atoms with Crippen molar-refractivity contribution in [2.75, 3.05) is 6.54 Å². The van der Waals surface area contributed by atoms with E-state index in [0.717, 1.165) is 6.54 Å². The van der Waals surface area contributed by atoms with Crippen LogP contribution in [0, 0.1) is 0 Å². The third-order valence-electron chi connectivity index (χ3n) is 6.27. The van der Waals surface area contributed by atoms with E-state index in [4.69, 9.17) is 0 Å². The zero-order valence-corrected chi connectivity index (χ0v) is 19.7. The second kappa shape index (κ2) is 8.30. The minimum atomic E-state index is 0.211. The van der Waals surface area contributed by atoms with Crippen LogP contribution in [-0.2, 0) is 0 Å². The van der Waals surface area contributed by atoms with Gasteiger partial charge in [-0.25, -0.2) is 0 Å². The normalized spacial score (nSPS) is 28.8. The molecule has 2 fully saturated rings. The highest BCUT2D eigenvalue weighted by molar-refractivity contribution is 5.01. The lowest BCUT2D eigenvalue weighted by atomic mass is 9.79. The molecule has 0 aliphatic carbocycles. The topological polar surface area (TPSA) is 48.1 Å². The minimum Gasteiger partial charge on any atom is -0.314 e. The van der Waals surface area contributed by atoms with E-state index in [1.165, 1.54) is 38.5 Å².